The molecule has 2 amide bonds. The smallest absolute Gasteiger partial charge is 0.318 e. The van der Waals surface area contributed by atoms with Gasteiger partial charge in [-0.05, 0) is 69.7 Å². The molecule has 0 aliphatic heterocycles. The monoisotopic (exact) mass is 513 g/mol. The molecule has 1 aromatic rings. The predicted molar refractivity (Wildman–Crippen MR) is 140 cm³/mol. The number of hydrogen-bond acceptors (Lipinski definition) is 5. The SMILES string of the molecule is COC1C=CC(c2ccc(OCCCN(C(=O)N[C@@H]3C=C(Cl)[C@H](C#N)CC3)C(C)(C)C=O)cc2)CC1. The minimum Gasteiger partial charge on any atom is -0.494 e. The third kappa shape index (κ3) is 7.35. The van der Waals surface area contributed by atoms with Crippen molar-refractivity contribution in [3.05, 3.63) is 53.1 Å². The first-order valence-corrected chi connectivity index (χ1v) is 12.9. The minimum atomic E-state index is -0.974. The lowest BCUT2D eigenvalue weighted by Crippen LogP contribution is -2.55. The van der Waals surface area contributed by atoms with Crippen molar-refractivity contribution < 1.29 is 19.1 Å². The number of rotatable bonds is 10. The molecule has 4 atom stereocenters. The molecule has 0 bridgehead atoms. The first-order valence-electron chi connectivity index (χ1n) is 12.5. The molecule has 36 heavy (non-hydrogen) atoms. The van der Waals surface area contributed by atoms with Gasteiger partial charge in [0.25, 0.3) is 0 Å². The number of carbonyl (C=O) groups is 2. The highest BCUT2D eigenvalue weighted by Crippen LogP contribution is 2.30. The van der Waals surface area contributed by atoms with Crippen LogP contribution in [0.2, 0.25) is 0 Å². The standard InChI is InChI=1S/C28H36ClN3O4/c1-28(2,19-33)32(27(34)31-23-10-5-22(18-30)26(29)17-23)15-4-16-36-25-13-8-21(9-14-25)20-6-11-24(35-3)12-7-20/h6,8-9,11,13-14,17,19-20,22-24H,4-5,7,10,12,15-16H2,1-3H3,(H,31,34)/t20?,22-,23-,24?/m0/s1. The van der Waals surface area contributed by atoms with Gasteiger partial charge in [0.05, 0.1) is 36.3 Å². The predicted octanol–water partition coefficient (Wildman–Crippen LogP) is 5.32. The second kappa shape index (κ2) is 12.9. The molecule has 194 valence electrons. The molecule has 1 N–H and O–H groups in total. The summed E-state index contributed by atoms with van der Waals surface area (Å²) in [5, 5.41) is 12.5. The number of aldehydes is 1. The molecule has 2 aliphatic carbocycles. The Bertz CT molecular complexity index is 999. The largest absolute Gasteiger partial charge is 0.494 e. The van der Waals surface area contributed by atoms with Gasteiger partial charge < -0.3 is 24.5 Å². The summed E-state index contributed by atoms with van der Waals surface area (Å²) in [7, 11) is 1.74. The Kier molecular flexibility index (Phi) is 9.98. The maximum Gasteiger partial charge on any atom is 0.318 e. The van der Waals surface area contributed by atoms with Gasteiger partial charge in [0, 0.05) is 24.6 Å². The molecular weight excluding hydrogens is 478 g/mol. The van der Waals surface area contributed by atoms with E-state index < -0.39 is 5.54 Å². The first kappa shape index (κ1) is 27.8. The van der Waals surface area contributed by atoms with Crippen molar-refractivity contribution >= 4 is 23.9 Å². The summed E-state index contributed by atoms with van der Waals surface area (Å²) in [5.41, 5.74) is 0.278. The molecule has 0 heterocycles. The average molecular weight is 514 g/mol. The molecule has 1 aromatic carbocycles. The molecule has 2 aliphatic rings. The van der Waals surface area contributed by atoms with Gasteiger partial charge in [0.1, 0.15) is 12.0 Å². The highest BCUT2D eigenvalue weighted by atomic mass is 35.5. The van der Waals surface area contributed by atoms with Crippen molar-refractivity contribution in [1.29, 1.82) is 5.26 Å². The first-order chi connectivity index (χ1) is 17.3. The van der Waals surface area contributed by atoms with Gasteiger partial charge in [-0.15, -0.1) is 0 Å². The summed E-state index contributed by atoms with van der Waals surface area (Å²) < 4.78 is 11.3. The third-order valence-corrected chi connectivity index (χ3v) is 7.27. The van der Waals surface area contributed by atoms with Gasteiger partial charge in [-0.2, -0.15) is 5.26 Å². The number of allylic oxidation sites excluding steroid dienone is 2. The summed E-state index contributed by atoms with van der Waals surface area (Å²) >= 11 is 6.18. The molecule has 0 fully saturated rings. The van der Waals surface area contributed by atoms with Crippen molar-refractivity contribution in [1.82, 2.24) is 10.2 Å². The van der Waals surface area contributed by atoms with Crippen LogP contribution in [0.15, 0.2) is 47.5 Å². The number of carbonyl (C=O) groups excluding carboxylic acids is 2. The lowest BCUT2D eigenvalue weighted by atomic mass is 9.88. The van der Waals surface area contributed by atoms with E-state index in [1.807, 2.05) is 12.1 Å². The topological polar surface area (TPSA) is 91.7 Å². The van der Waals surface area contributed by atoms with Gasteiger partial charge in [-0.25, -0.2) is 4.79 Å². The highest BCUT2D eigenvalue weighted by Gasteiger charge is 2.32. The van der Waals surface area contributed by atoms with E-state index in [-0.39, 0.29) is 24.1 Å². The van der Waals surface area contributed by atoms with E-state index in [2.05, 4.69) is 35.7 Å². The maximum absolute atomic E-state index is 13.0. The molecule has 0 radical (unpaired) electrons. The fourth-order valence-corrected chi connectivity index (χ4v) is 4.87. The lowest BCUT2D eigenvalue weighted by Gasteiger charge is -2.36. The number of nitrogens with zero attached hydrogens (tertiary/aromatic N) is 2. The van der Waals surface area contributed by atoms with Crippen LogP contribution in [0.4, 0.5) is 4.79 Å². The van der Waals surface area contributed by atoms with Crippen molar-refractivity contribution in [2.45, 2.75) is 69.6 Å². The Balaban J connectivity index is 1.51. The van der Waals surface area contributed by atoms with Gasteiger partial charge in [-0.1, -0.05) is 35.9 Å². The Hall–Kier alpha value is -2.82. The molecule has 8 heteroatoms. The molecule has 0 saturated carbocycles. The average Bonchev–Trinajstić information content (AvgIpc) is 2.89. The number of urea groups is 1. The molecule has 0 saturated heterocycles. The normalized spacial score (nSPS) is 23.8. The van der Waals surface area contributed by atoms with Crippen molar-refractivity contribution in [2.75, 3.05) is 20.3 Å². The van der Waals surface area contributed by atoms with Crippen LogP contribution in [-0.2, 0) is 9.53 Å². The summed E-state index contributed by atoms with van der Waals surface area (Å²) in [6.07, 6.45) is 10.9. The van der Waals surface area contributed by atoms with E-state index in [1.165, 1.54) is 10.5 Å². The zero-order chi connectivity index (χ0) is 26.1. The zero-order valence-electron chi connectivity index (χ0n) is 21.3. The van der Waals surface area contributed by atoms with Gasteiger partial charge in [-0.3, -0.25) is 0 Å². The maximum atomic E-state index is 13.0. The number of nitrogens with one attached hydrogen (secondary N) is 1. The van der Waals surface area contributed by atoms with Crippen LogP contribution in [0.5, 0.6) is 5.75 Å². The fourth-order valence-electron chi connectivity index (χ4n) is 4.56. The summed E-state index contributed by atoms with van der Waals surface area (Å²) in [5.74, 6) is 0.839. The number of halogens is 1. The van der Waals surface area contributed by atoms with Gasteiger partial charge in [0.2, 0.25) is 0 Å². The number of hydrogen-bond donors (Lipinski definition) is 1. The van der Waals surface area contributed by atoms with E-state index in [0.717, 1.165) is 24.9 Å². The molecule has 2 unspecified atom stereocenters. The van der Waals surface area contributed by atoms with Crippen molar-refractivity contribution in [3.8, 4) is 11.8 Å². The van der Waals surface area contributed by atoms with E-state index >= 15 is 0 Å². The number of methoxy groups -OCH3 is 1. The van der Waals surface area contributed by atoms with Crippen LogP contribution in [0.25, 0.3) is 0 Å². The van der Waals surface area contributed by atoms with E-state index in [9.17, 15) is 9.59 Å². The molecule has 0 aromatic heterocycles. The summed E-state index contributed by atoms with van der Waals surface area (Å²) in [6, 6.07) is 9.68. The van der Waals surface area contributed by atoms with Crippen LogP contribution in [0, 0.1) is 17.2 Å². The molecular formula is C28H36ClN3O4. The third-order valence-electron chi connectivity index (χ3n) is 6.88. The number of nitriles is 1. The number of ether oxygens (including phenoxy) is 2. The van der Waals surface area contributed by atoms with Crippen LogP contribution < -0.4 is 10.1 Å². The quantitative estimate of drug-likeness (QED) is 0.260. The fraction of sp³-hybridized carbons (Fsp3) is 0.536. The Labute approximate surface area is 219 Å². The van der Waals surface area contributed by atoms with Crippen LogP contribution in [0.1, 0.15) is 57.4 Å². The highest BCUT2D eigenvalue weighted by molar-refractivity contribution is 6.30. The summed E-state index contributed by atoms with van der Waals surface area (Å²) in [6.45, 7) is 4.19. The minimum absolute atomic E-state index is 0.211. The lowest BCUT2D eigenvalue weighted by molar-refractivity contribution is -0.115. The van der Waals surface area contributed by atoms with Crippen molar-refractivity contribution in [3.63, 3.8) is 0 Å². The summed E-state index contributed by atoms with van der Waals surface area (Å²) in [4.78, 5) is 26.3. The second-order valence-corrected chi connectivity index (χ2v) is 10.3. The zero-order valence-corrected chi connectivity index (χ0v) is 22.0. The van der Waals surface area contributed by atoms with Crippen LogP contribution in [0.3, 0.4) is 0 Å². The number of benzene rings is 1. The number of amides is 2. The van der Waals surface area contributed by atoms with E-state index in [4.69, 9.17) is 26.3 Å². The molecule has 0 spiro atoms. The van der Waals surface area contributed by atoms with Gasteiger partial charge >= 0.3 is 6.03 Å². The molecule has 3 rings (SSSR count). The second-order valence-electron chi connectivity index (χ2n) is 9.90. The van der Waals surface area contributed by atoms with E-state index in [0.29, 0.717) is 43.4 Å². The Morgan fingerprint density at radius 1 is 1.22 bits per heavy atom. The van der Waals surface area contributed by atoms with Crippen LogP contribution >= 0.6 is 11.6 Å². The Morgan fingerprint density at radius 3 is 2.56 bits per heavy atom. The van der Waals surface area contributed by atoms with Gasteiger partial charge in [0.15, 0.2) is 0 Å². The van der Waals surface area contributed by atoms with E-state index in [1.54, 1.807) is 27.0 Å². The van der Waals surface area contributed by atoms with Crippen LogP contribution in [-0.4, -0.2) is 55.2 Å². The van der Waals surface area contributed by atoms with Crippen molar-refractivity contribution in [2.24, 2.45) is 5.92 Å². The Morgan fingerprint density at radius 2 is 1.97 bits per heavy atom. The molecule has 7 nitrogen and oxygen atoms in total.